The van der Waals surface area contributed by atoms with E-state index in [0.29, 0.717) is 6.04 Å². The number of fused-ring (bicyclic) bond motifs is 1. The molecule has 4 heteroatoms. The summed E-state index contributed by atoms with van der Waals surface area (Å²) >= 11 is 0. The summed E-state index contributed by atoms with van der Waals surface area (Å²) in [5, 5.41) is 0. The summed E-state index contributed by atoms with van der Waals surface area (Å²) in [4.78, 5) is 9.53. The lowest BCUT2D eigenvalue weighted by Crippen LogP contribution is -2.54. The highest BCUT2D eigenvalue weighted by Gasteiger charge is 2.35. The van der Waals surface area contributed by atoms with Crippen LogP contribution in [0, 0.1) is 0 Å². The van der Waals surface area contributed by atoms with Gasteiger partial charge in [0.1, 0.15) is 0 Å². The quantitative estimate of drug-likeness (QED) is 0.906. The fourth-order valence-electron chi connectivity index (χ4n) is 3.77. The van der Waals surface area contributed by atoms with Crippen molar-refractivity contribution < 1.29 is 0 Å². The molecule has 3 heterocycles. The zero-order chi connectivity index (χ0) is 13.9. The number of aromatic nitrogens is 1. The van der Waals surface area contributed by atoms with Gasteiger partial charge in [-0.3, -0.25) is 14.8 Å². The predicted molar refractivity (Wildman–Crippen MR) is 81.4 cm³/mol. The van der Waals surface area contributed by atoms with E-state index in [2.05, 4.69) is 27.8 Å². The topological polar surface area (TPSA) is 45.4 Å². The molecular weight excluding hydrogens is 248 g/mol. The zero-order valence-electron chi connectivity index (χ0n) is 12.4. The molecule has 0 aliphatic carbocycles. The molecule has 0 aromatic carbocycles. The third kappa shape index (κ3) is 2.73. The number of hydrogen-bond acceptors (Lipinski definition) is 4. The third-order valence-corrected chi connectivity index (χ3v) is 4.92. The van der Waals surface area contributed by atoms with Gasteiger partial charge >= 0.3 is 0 Å². The normalized spacial score (nSPS) is 27.2. The Labute approximate surface area is 122 Å². The molecule has 2 aliphatic rings. The van der Waals surface area contributed by atoms with Crippen LogP contribution in [-0.4, -0.2) is 53.0 Å². The number of hydrogen-bond donors (Lipinski definition) is 1. The van der Waals surface area contributed by atoms with E-state index in [4.69, 9.17) is 5.73 Å². The minimum Gasteiger partial charge on any atom is -0.326 e. The van der Waals surface area contributed by atoms with Crippen LogP contribution in [0.15, 0.2) is 24.5 Å². The van der Waals surface area contributed by atoms with Crippen molar-refractivity contribution in [2.24, 2.45) is 5.73 Å². The summed E-state index contributed by atoms with van der Waals surface area (Å²) in [6, 6.07) is 5.45. The second-order valence-corrected chi connectivity index (χ2v) is 6.13. The highest BCUT2D eigenvalue weighted by molar-refractivity contribution is 5.17. The third-order valence-electron chi connectivity index (χ3n) is 4.92. The standard InChI is InChI=1S/C16H26N4/c1-2-15(17)16(13-5-3-7-18-11-13)20-10-9-19-8-4-6-14(19)12-20/h3,5,7,11,14-16H,2,4,6,8-10,12,17H2,1H3. The lowest BCUT2D eigenvalue weighted by Gasteiger charge is -2.43. The lowest BCUT2D eigenvalue weighted by atomic mass is 9.96. The molecule has 2 fully saturated rings. The molecule has 0 radical (unpaired) electrons. The second kappa shape index (κ2) is 6.20. The van der Waals surface area contributed by atoms with Crippen molar-refractivity contribution in [1.82, 2.24) is 14.8 Å². The second-order valence-electron chi connectivity index (χ2n) is 6.13. The predicted octanol–water partition coefficient (Wildman–Crippen LogP) is 1.64. The fourth-order valence-corrected chi connectivity index (χ4v) is 3.77. The highest BCUT2D eigenvalue weighted by atomic mass is 15.3. The first-order valence-corrected chi connectivity index (χ1v) is 7.93. The minimum absolute atomic E-state index is 0.187. The van der Waals surface area contributed by atoms with E-state index in [1.807, 2.05) is 18.5 Å². The monoisotopic (exact) mass is 274 g/mol. The summed E-state index contributed by atoms with van der Waals surface area (Å²) in [5.41, 5.74) is 7.71. The van der Waals surface area contributed by atoms with Gasteiger partial charge in [0.15, 0.2) is 0 Å². The molecule has 1 aromatic rings. The van der Waals surface area contributed by atoms with Crippen molar-refractivity contribution in [3.05, 3.63) is 30.1 Å². The van der Waals surface area contributed by atoms with Crippen LogP contribution >= 0.6 is 0 Å². The molecule has 0 saturated carbocycles. The molecule has 2 N–H and O–H groups in total. The van der Waals surface area contributed by atoms with Crippen molar-refractivity contribution in [3.8, 4) is 0 Å². The smallest absolute Gasteiger partial charge is 0.0515 e. The Morgan fingerprint density at radius 2 is 2.30 bits per heavy atom. The number of pyridine rings is 1. The van der Waals surface area contributed by atoms with E-state index in [-0.39, 0.29) is 6.04 Å². The van der Waals surface area contributed by atoms with E-state index < -0.39 is 0 Å². The van der Waals surface area contributed by atoms with Crippen LogP contribution in [0.3, 0.4) is 0 Å². The maximum Gasteiger partial charge on any atom is 0.0515 e. The van der Waals surface area contributed by atoms with Gasteiger partial charge in [0.25, 0.3) is 0 Å². The summed E-state index contributed by atoms with van der Waals surface area (Å²) < 4.78 is 0. The number of nitrogens with two attached hydrogens (primary N) is 1. The summed E-state index contributed by atoms with van der Waals surface area (Å²) in [7, 11) is 0. The zero-order valence-corrected chi connectivity index (χ0v) is 12.4. The van der Waals surface area contributed by atoms with Gasteiger partial charge in [-0.1, -0.05) is 13.0 Å². The Balaban J connectivity index is 1.79. The number of rotatable bonds is 4. The first kappa shape index (κ1) is 14.0. The molecule has 110 valence electrons. The van der Waals surface area contributed by atoms with Crippen LogP contribution in [-0.2, 0) is 0 Å². The van der Waals surface area contributed by atoms with Crippen molar-refractivity contribution in [3.63, 3.8) is 0 Å². The summed E-state index contributed by atoms with van der Waals surface area (Å²) in [5.74, 6) is 0. The van der Waals surface area contributed by atoms with Crippen molar-refractivity contribution in [2.45, 2.75) is 44.3 Å². The van der Waals surface area contributed by atoms with Crippen molar-refractivity contribution in [2.75, 3.05) is 26.2 Å². The molecule has 3 rings (SSSR count). The number of nitrogens with zero attached hydrogens (tertiary/aromatic N) is 3. The van der Waals surface area contributed by atoms with Crippen LogP contribution < -0.4 is 5.73 Å². The average molecular weight is 274 g/mol. The molecule has 3 unspecified atom stereocenters. The molecule has 0 amide bonds. The van der Waals surface area contributed by atoms with E-state index in [1.165, 1.54) is 31.5 Å². The summed E-state index contributed by atoms with van der Waals surface area (Å²) in [6.07, 6.45) is 7.53. The van der Waals surface area contributed by atoms with E-state index in [9.17, 15) is 0 Å². The Kier molecular flexibility index (Phi) is 4.34. The molecule has 0 spiro atoms. The molecule has 1 aromatic heterocycles. The SMILES string of the molecule is CCC(N)C(c1cccnc1)N1CCN2CCCC2C1. The van der Waals surface area contributed by atoms with E-state index in [1.54, 1.807) is 0 Å². The van der Waals surface area contributed by atoms with E-state index >= 15 is 0 Å². The Hall–Kier alpha value is -0.970. The molecule has 0 bridgehead atoms. The van der Waals surface area contributed by atoms with Gasteiger partial charge in [-0.05, 0) is 37.4 Å². The molecule has 2 aliphatic heterocycles. The van der Waals surface area contributed by atoms with Gasteiger partial charge in [0, 0.05) is 44.1 Å². The Morgan fingerprint density at radius 3 is 3.05 bits per heavy atom. The van der Waals surface area contributed by atoms with Crippen LogP contribution in [0.1, 0.15) is 37.8 Å². The van der Waals surface area contributed by atoms with Crippen LogP contribution in [0.5, 0.6) is 0 Å². The largest absolute Gasteiger partial charge is 0.326 e. The van der Waals surface area contributed by atoms with Crippen molar-refractivity contribution in [1.29, 1.82) is 0 Å². The molecule has 4 nitrogen and oxygen atoms in total. The van der Waals surface area contributed by atoms with Gasteiger partial charge in [-0.2, -0.15) is 0 Å². The maximum atomic E-state index is 6.43. The molecule has 20 heavy (non-hydrogen) atoms. The Morgan fingerprint density at radius 1 is 1.40 bits per heavy atom. The molecule has 3 atom stereocenters. The van der Waals surface area contributed by atoms with Gasteiger partial charge in [-0.15, -0.1) is 0 Å². The average Bonchev–Trinajstić information content (AvgIpc) is 2.96. The van der Waals surface area contributed by atoms with Crippen LogP contribution in [0.4, 0.5) is 0 Å². The van der Waals surface area contributed by atoms with Crippen molar-refractivity contribution >= 4 is 0 Å². The fraction of sp³-hybridized carbons (Fsp3) is 0.688. The highest BCUT2D eigenvalue weighted by Crippen LogP contribution is 2.30. The van der Waals surface area contributed by atoms with Crippen LogP contribution in [0.2, 0.25) is 0 Å². The number of piperazine rings is 1. The van der Waals surface area contributed by atoms with Crippen LogP contribution in [0.25, 0.3) is 0 Å². The molecular formula is C16H26N4. The Bertz CT molecular complexity index is 422. The first-order chi connectivity index (χ1) is 9.79. The van der Waals surface area contributed by atoms with Gasteiger partial charge in [-0.25, -0.2) is 0 Å². The lowest BCUT2D eigenvalue weighted by molar-refractivity contribution is 0.0607. The maximum absolute atomic E-state index is 6.43. The van der Waals surface area contributed by atoms with Gasteiger partial charge in [0.05, 0.1) is 6.04 Å². The summed E-state index contributed by atoms with van der Waals surface area (Å²) in [6.45, 7) is 6.95. The minimum atomic E-state index is 0.187. The van der Waals surface area contributed by atoms with Gasteiger partial charge in [0.2, 0.25) is 0 Å². The molecule has 2 saturated heterocycles. The van der Waals surface area contributed by atoms with Gasteiger partial charge < -0.3 is 5.73 Å². The van der Waals surface area contributed by atoms with E-state index in [0.717, 1.165) is 25.6 Å². The first-order valence-electron chi connectivity index (χ1n) is 7.93.